The van der Waals surface area contributed by atoms with E-state index >= 15 is 0 Å². The van der Waals surface area contributed by atoms with Crippen molar-refractivity contribution in [2.45, 2.75) is 39.2 Å². The normalized spacial score (nSPS) is 9.81. The molecule has 0 aliphatic rings. The van der Waals surface area contributed by atoms with Crippen LogP contribution in [0, 0.1) is 0 Å². The molecule has 1 aromatic heterocycles. The zero-order chi connectivity index (χ0) is 20.1. The van der Waals surface area contributed by atoms with Gasteiger partial charge in [-0.25, -0.2) is 0 Å². The van der Waals surface area contributed by atoms with Crippen LogP contribution in [0.25, 0.3) is 10.4 Å². The molecule has 0 unspecified atom stereocenters. The second-order valence-corrected chi connectivity index (χ2v) is 6.00. The minimum atomic E-state index is -0.202. The van der Waals surface area contributed by atoms with Crippen molar-refractivity contribution in [3.05, 3.63) is 52.2 Å². The molecule has 0 bridgehead atoms. The van der Waals surface area contributed by atoms with Gasteiger partial charge in [-0.15, -0.1) is 0 Å². The molecule has 0 saturated carbocycles. The second-order valence-electron chi connectivity index (χ2n) is 6.00. The van der Waals surface area contributed by atoms with E-state index in [2.05, 4.69) is 32.2 Å². The topological polar surface area (TPSA) is 137 Å². The number of Topliss-reactive ketones (excluding diaryl/α,β-unsaturated/α-hetero) is 1. The maximum Gasteiger partial charge on any atom is 0.246 e. The standard InChI is InChI=1S/C18H24N6O3/c1-13(2)18(27)21-9-3-8-20-17(26)7-6-16(25)10-14-4-5-15(22-11-14)12-23-24-19/h4-5,11H,1,3,6-10,12H2,2H3,(H,20,26)(H,21,27). The van der Waals surface area contributed by atoms with Crippen LogP contribution in [-0.2, 0) is 27.3 Å². The molecule has 27 heavy (non-hydrogen) atoms. The molecule has 0 aliphatic heterocycles. The summed E-state index contributed by atoms with van der Waals surface area (Å²) in [5.74, 6) is -0.451. The van der Waals surface area contributed by atoms with E-state index in [0.29, 0.717) is 30.8 Å². The summed E-state index contributed by atoms with van der Waals surface area (Å²) in [6.07, 6.45) is 2.65. The number of hydrogen-bond donors (Lipinski definition) is 2. The molecule has 0 atom stereocenters. The number of pyridine rings is 1. The average molecular weight is 372 g/mol. The molecule has 0 fully saturated rings. The monoisotopic (exact) mass is 372 g/mol. The van der Waals surface area contributed by atoms with E-state index in [9.17, 15) is 14.4 Å². The van der Waals surface area contributed by atoms with Crippen molar-refractivity contribution >= 4 is 17.6 Å². The summed E-state index contributed by atoms with van der Waals surface area (Å²) in [6.45, 7) is 6.21. The minimum Gasteiger partial charge on any atom is -0.356 e. The molecule has 1 heterocycles. The Morgan fingerprint density at radius 3 is 2.59 bits per heavy atom. The van der Waals surface area contributed by atoms with Crippen LogP contribution >= 0.6 is 0 Å². The van der Waals surface area contributed by atoms with Gasteiger partial charge in [0.05, 0.1) is 6.54 Å². The molecule has 1 rings (SSSR count). The molecule has 0 saturated heterocycles. The van der Waals surface area contributed by atoms with Crippen molar-refractivity contribution in [2.75, 3.05) is 13.1 Å². The van der Waals surface area contributed by atoms with E-state index in [4.69, 9.17) is 5.53 Å². The van der Waals surface area contributed by atoms with Gasteiger partial charge in [-0.05, 0) is 30.5 Å². The van der Waals surface area contributed by atoms with Gasteiger partial charge in [-0.2, -0.15) is 0 Å². The quantitative estimate of drug-likeness (QED) is 0.190. The zero-order valence-electron chi connectivity index (χ0n) is 15.4. The fourth-order valence-corrected chi connectivity index (χ4v) is 2.08. The highest BCUT2D eigenvalue weighted by molar-refractivity contribution is 5.92. The van der Waals surface area contributed by atoms with Crippen LogP contribution in [0.4, 0.5) is 0 Å². The molecule has 0 aromatic carbocycles. The number of nitrogens with one attached hydrogen (secondary N) is 2. The highest BCUT2D eigenvalue weighted by atomic mass is 16.2. The van der Waals surface area contributed by atoms with Crippen molar-refractivity contribution < 1.29 is 14.4 Å². The van der Waals surface area contributed by atoms with E-state index in [0.717, 1.165) is 5.56 Å². The number of carbonyl (C=O) groups excluding carboxylic acids is 3. The Morgan fingerprint density at radius 1 is 1.22 bits per heavy atom. The summed E-state index contributed by atoms with van der Waals surface area (Å²) in [7, 11) is 0. The Bertz CT molecular complexity index is 723. The van der Waals surface area contributed by atoms with Gasteiger partial charge in [0.2, 0.25) is 11.8 Å². The number of hydrogen-bond acceptors (Lipinski definition) is 5. The first-order chi connectivity index (χ1) is 12.9. The van der Waals surface area contributed by atoms with E-state index < -0.39 is 0 Å². The van der Waals surface area contributed by atoms with Crippen LogP contribution in [0.5, 0.6) is 0 Å². The smallest absolute Gasteiger partial charge is 0.246 e. The van der Waals surface area contributed by atoms with E-state index in [1.54, 1.807) is 25.3 Å². The largest absolute Gasteiger partial charge is 0.356 e. The van der Waals surface area contributed by atoms with Gasteiger partial charge in [-0.3, -0.25) is 19.4 Å². The third-order valence-electron chi connectivity index (χ3n) is 3.56. The second kappa shape index (κ2) is 12.2. The third-order valence-corrected chi connectivity index (χ3v) is 3.56. The first-order valence-electron chi connectivity index (χ1n) is 8.59. The van der Waals surface area contributed by atoms with Gasteiger partial charge >= 0.3 is 0 Å². The molecule has 9 nitrogen and oxygen atoms in total. The van der Waals surface area contributed by atoms with Gasteiger partial charge in [0.15, 0.2) is 0 Å². The predicted molar refractivity (Wildman–Crippen MR) is 100 cm³/mol. The number of azide groups is 1. The number of ketones is 1. The van der Waals surface area contributed by atoms with E-state index in [1.165, 1.54) is 0 Å². The summed E-state index contributed by atoms with van der Waals surface area (Å²) in [5.41, 5.74) is 10.1. The highest BCUT2D eigenvalue weighted by Gasteiger charge is 2.08. The first kappa shape index (κ1) is 21.9. The van der Waals surface area contributed by atoms with Gasteiger partial charge in [0.25, 0.3) is 0 Å². The minimum absolute atomic E-state index is 0.0523. The highest BCUT2D eigenvalue weighted by Crippen LogP contribution is 2.05. The SMILES string of the molecule is C=C(C)C(=O)NCCCNC(=O)CCC(=O)Cc1ccc(CN=[N+]=[N-])nc1. The summed E-state index contributed by atoms with van der Waals surface area (Å²) >= 11 is 0. The number of amides is 2. The zero-order valence-corrected chi connectivity index (χ0v) is 15.4. The lowest BCUT2D eigenvalue weighted by atomic mass is 10.1. The molecule has 2 N–H and O–H groups in total. The number of rotatable bonds is 12. The lowest BCUT2D eigenvalue weighted by Crippen LogP contribution is -2.30. The van der Waals surface area contributed by atoms with Crippen LogP contribution in [0.3, 0.4) is 0 Å². The van der Waals surface area contributed by atoms with Gasteiger partial charge in [-0.1, -0.05) is 17.8 Å². The molecule has 9 heteroatoms. The van der Waals surface area contributed by atoms with Gasteiger partial charge in [0, 0.05) is 54.7 Å². The fourth-order valence-electron chi connectivity index (χ4n) is 2.08. The average Bonchev–Trinajstić information content (AvgIpc) is 2.65. The molecular weight excluding hydrogens is 348 g/mol. The molecule has 0 radical (unpaired) electrons. The Labute approximate surface area is 157 Å². The Kier molecular flexibility index (Phi) is 9.88. The number of carbonyl (C=O) groups is 3. The molecule has 0 spiro atoms. The Morgan fingerprint density at radius 2 is 1.96 bits per heavy atom. The molecule has 144 valence electrons. The van der Waals surface area contributed by atoms with Crippen LogP contribution in [0.1, 0.15) is 37.4 Å². The molecule has 0 aliphatic carbocycles. The van der Waals surface area contributed by atoms with Crippen LogP contribution < -0.4 is 10.6 Å². The van der Waals surface area contributed by atoms with Crippen molar-refractivity contribution in [1.29, 1.82) is 0 Å². The van der Waals surface area contributed by atoms with Crippen molar-refractivity contribution in [3.8, 4) is 0 Å². The Balaban J connectivity index is 2.20. The third kappa shape index (κ3) is 9.76. The Hall–Kier alpha value is -3.19. The molecule has 1 aromatic rings. The summed E-state index contributed by atoms with van der Waals surface area (Å²) < 4.78 is 0. The van der Waals surface area contributed by atoms with E-state index in [-0.39, 0.29) is 43.4 Å². The predicted octanol–water partition coefficient (Wildman–Crippen LogP) is 1.98. The summed E-state index contributed by atoms with van der Waals surface area (Å²) in [6, 6.07) is 3.46. The lowest BCUT2D eigenvalue weighted by molar-refractivity contribution is -0.125. The summed E-state index contributed by atoms with van der Waals surface area (Å²) in [4.78, 5) is 41.7. The van der Waals surface area contributed by atoms with Crippen molar-refractivity contribution in [3.63, 3.8) is 0 Å². The van der Waals surface area contributed by atoms with Crippen LogP contribution in [0.15, 0.2) is 35.6 Å². The van der Waals surface area contributed by atoms with Crippen LogP contribution in [-0.4, -0.2) is 35.7 Å². The van der Waals surface area contributed by atoms with Crippen molar-refractivity contribution in [1.82, 2.24) is 15.6 Å². The molecule has 2 amide bonds. The van der Waals surface area contributed by atoms with Gasteiger partial charge in [0.1, 0.15) is 5.78 Å². The summed E-state index contributed by atoms with van der Waals surface area (Å²) in [5, 5.41) is 8.81. The van der Waals surface area contributed by atoms with Crippen LogP contribution in [0.2, 0.25) is 0 Å². The van der Waals surface area contributed by atoms with Crippen molar-refractivity contribution in [2.24, 2.45) is 5.11 Å². The maximum absolute atomic E-state index is 12.0. The molecular formula is C18H24N6O3. The lowest BCUT2D eigenvalue weighted by Gasteiger charge is -2.07. The number of aromatic nitrogens is 1. The number of nitrogens with zero attached hydrogens (tertiary/aromatic N) is 4. The fraction of sp³-hybridized carbons (Fsp3) is 0.444. The van der Waals surface area contributed by atoms with Gasteiger partial charge < -0.3 is 10.6 Å². The maximum atomic E-state index is 12.0. The first-order valence-corrected chi connectivity index (χ1v) is 8.59. The van der Waals surface area contributed by atoms with E-state index in [1.807, 2.05) is 0 Å².